The SMILES string of the molecule is Clc1cc(Cl)c(OCC#CI)cc1Cl.Clc1cc(Cl)c(OCC#CI)cc1Cl.c1cc(-c2ccncc2)ccn1. The van der Waals surface area contributed by atoms with Gasteiger partial charge in [-0.3, -0.25) is 9.97 Å². The maximum atomic E-state index is 5.86. The smallest absolute Gasteiger partial charge is 0.149 e. The molecule has 0 fully saturated rings. The van der Waals surface area contributed by atoms with Crippen LogP contribution in [0.4, 0.5) is 0 Å². The van der Waals surface area contributed by atoms with Gasteiger partial charge in [0.1, 0.15) is 24.7 Å². The third kappa shape index (κ3) is 12.7. The highest BCUT2D eigenvalue weighted by Gasteiger charge is 2.07. The van der Waals surface area contributed by atoms with Crippen LogP contribution in [-0.4, -0.2) is 23.2 Å². The summed E-state index contributed by atoms with van der Waals surface area (Å²) in [5.74, 6) is 6.45. The Hall–Kier alpha value is -1.34. The minimum atomic E-state index is 0.278. The first-order valence-electron chi connectivity index (χ1n) is 10.8. The summed E-state index contributed by atoms with van der Waals surface area (Å²) in [5.41, 5.74) is 2.35. The molecule has 0 aliphatic rings. The number of nitrogens with zero attached hydrogens (tertiary/aromatic N) is 2. The Morgan fingerprint density at radius 3 is 1.18 bits per heavy atom. The molecule has 4 rings (SSSR count). The first-order valence-corrected chi connectivity index (χ1v) is 15.2. The largest absolute Gasteiger partial charge is 0.479 e. The Balaban J connectivity index is 0.000000211. The molecule has 4 aromatic rings. The Bertz CT molecular complexity index is 1390. The van der Waals surface area contributed by atoms with E-state index in [4.69, 9.17) is 79.1 Å². The molecule has 0 amide bonds. The van der Waals surface area contributed by atoms with Crippen molar-refractivity contribution in [3.05, 3.63) is 103 Å². The van der Waals surface area contributed by atoms with Gasteiger partial charge in [0.05, 0.1) is 30.1 Å². The molecule has 0 spiro atoms. The van der Waals surface area contributed by atoms with Gasteiger partial charge in [0.15, 0.2) is 0 Å². The van der Waals surface area contributed by atoms with Crippen molar-refractivity contribution in [1.29, 1.82) is 0 Å². The molecule has 0 aliphatic heterocycles. The molecule has 0 saturated carbocycles. The molecule has 0 N–H and O–H groups in total. The molecule has 0 aliphatic carbocycles. The summed E-state index contributed by atoms with van der Waals surface area (Å²) < 4.78 is 15.9. The van der Waals surface area contributed by atoms with Crippen molar-refractivity contribution in [3.8, 4) is 42.3 Å². The van der Waals surface area contributed by atoms with Crippen molar-refractivity contribution in [1.82, 2.24) is 9.97 Å². The molecule has 206 valence electrons. The van der Waals surface area contributed by atoms with Crippen LogP contribution in [0.15, 0.2) is 73.3 Å². The van der Waals surface area contributed by atoms with E-state index in [9.17, 15) is 0 Å². The molecule has 2 aromatic heterocycles. The minimum absolute atomic E-state index is 0.278. The molecule has 0 bridgehead atoms. The van der Waals surface area contributed by atoms with E-state index in [0.29, 0.717) is 41.6 Å². The third-order valence-electron chi connectivity index (χ3n) is 4.38. The minimum Gasteiger partial charge on any atom is -0.479 e. The number of ether oxygens (including phenoxy) is 2. The van der Waals surface area contributed by atoms with Gasteiger partial charge in [0.2, 0.25) is 0 Å². The van der Waals surface area contributed by atoms with E-state index in [1.54, 1.807) is 36.9 Å². The van der Waals surface area contributed by atoms with Crippen molar-refractivity contribution >= 4 is 115 Å². The highest BCUT2D eigenvalue weighted by atomic mass is 127. The zero-order valence-electron chi connectivity index (χ0n) is 20.1. The summed E-state index contributed by atoms with van der Waals surface area (Å²) in [4.78, 5) is 7.91. The number of pyridine rings is 2. The summed E-state index contributed by atoms with van der Waals surface area (Å²) in [6.45, 7) is 0.557. The normalized spacial score (nSPS) is 9.30. The average molecular weight is 879 g/mol. The predicted molar refractivity (Wildman–Crippen MR) is 185 cm³/mol. The van der Waals surface area contributed by atoms with Gasteiger partial charge in [0.25, 0.3) is 0 Å². The second-order valence-corrected chi connectivity index (χ2v) is 10.5. The third-order valence-corrected chi connectivity index (χ3v) is 7.17. The Morgan fingerprint density at radius 2 is 0.850 bits per heavy atom. The Morgan fingerprint density at radius 1 is 0.525 bits per heavy atom. The summed E-state index contributed by atoms with van der Waals surface area (Å²) in [7, 11) is 0. The average Bonchev–Trinajstić information content (AvgIpc) is 2.96. The van der Waals surface area contributed by atoms with Crippen LogP contribution in [-0.2, 0) is 0 Å². The molecular formula is C28H16Cl6I2N2O2. The lowest BCUT2D eigenvalue weighted by Gasteiger charge is -2.05. The fourth-order valence-corrected chi connectivity index (χ4v) is 4.09. The molecule has 0 atom stereocenters. The number of hydrogen-bond donors (Lipinski definition) is 0. The number of aromatic nitrogens is 2. The van der Waals surface area contributed by atoms with Gasteiger partial charge in [-0.1, -0.05) is 81.4 Å². The summed E-state index contributed by atoms with van der Waals surface area (Å²) in [6, 6.07) is 14.1. The van der Waals surface area contributed by atoms with Gasteiger partial charge in [-0.2, -0.15) is 0 Å². The molecular weight excluding hydrogens is 863 g/mol. The molecule has 0 unspecified atom stereocenters. The van der Waals surface area contributed by atoms with Crippen LogP contribution in [0.2, 0.25) is 30.1 Å². The highest BCUT2D eigenvalue weighted by molar-refractivity contribution is 14.1. The van der Waals surface area contributed by atoms with E-state index in [2.05, 4.69) is 29.7 Å². The van der Waals surface area contributed by atoms with Crippen LogP contribution in [0.1, 0.15) is 0 Å². The van der Waals surface area contributed by atoms with Crippen LogP contribution >= 0.6 is 115 Å². The quantitative estimate of drug-likeness (QED) is 0.114. The molecule has 4 nitrogen and oxygen atoms in total. The van der Waals surface area contributed by atoms with Crippen molar-refractivity contribution in [3.63, 3.8) is 0 Å². The van der Waals surface area contributed by atoms with E-state index in [0.717, 1.165) is 0 Å². The van der Waals surface area contributed by atoms with E-state index in [1.807, 2.05) is 69.4 Å². The van der Waals surface area contributed by atoms with Crippen molar-refractivity contribution in [2.45, 2.75) is 0 Å². The van der Waals surface area contributed by atoms with Crippen LogP contribution < -0.4 is 9.47 Å². The molecule has 0 radical (unpaired) electrons. The molecule has 12 heteroatoms. The fraction of sp³-hybridized carbons (Fsp3) is 0.0714. The van der Waals surface area contributed by atoms with Crippen molar-refractivity contribution in [2.24, 2.45) is 0 Å². The van der Waals surface area contributed by atoms with Crippen molar-refractivity contribution < 1.29 is 9.47 Å². The molecule has 40 heavy (non-hydrogen) atoms. The van der Waals surface area contributed by atoms with E-state index >= 15 is 0 Å². The van der Waals surface area contributed by atoms with Gasteiger partial charge < -0.3 is 9.47 Å². The predicted octanol–water partition coefficient (Wildman–Crippen LogP) is 11.0. The standard InChI is InChI=1S/C10H8N2.2C9H4Cl3IO/c1-5-11-6-2-9(1)10-3-7-12-8-4-10;2*10-6-4-8(12)9(5-7(6)11)14-3-1-2-13/h1-8H;2*4-5H,3H2. The number of benzene rings is 2. The van der Waals surface area contributed by atoms with Crippen LogP contribution in [0.3, 0.4) is 0 Å². The maximum Gasteiger partial charge on any atom is 0.149 e. The topological polar surface area (TPSA) is 44.2 Å². The zero-order valence-corrected chi connectivity index (χ0v) is 28.9. The number of hydrogen-bond acceptors (Lipinski definition) is 4. The lowest BCUT2D eigenvalue weighted by Crippen LogP contribution is -1.94. The highest BCUT2D eigenvalue weighted by Crippen LogP contribution is 2.34. The monoisotopic (exact) mass is 876 g/mol. The van der Waals surface area contributed by atoms with Gasteiger partial charge in [-0.05, 0) is 55.4 Å². The first kappa shape index (κ1) is 34.9. The molecule has 0 saturated heterocycles. The van der Waals surface area contributed by atoms with Gasteiger partial charge >= 0.3 is 0 Å². The molecule has 2 aromatic carbocycles. The lowest BCUT2D eigenvalue weighted by molar-refractivity contribution is 0.370. The van der Waals surface area contributed by atoms with Gasteiger partial charge in [0, 0.05) is 82.1 Å². The van der Waals surface area contributed by atoms with Crippen molar-refractivity contribution in [2.75, 3.05) is 13.2 Å². The Labute approximate surface area is 290 Å². The fourth-order valence-electron chi connectivity index (χ4n) is 2.60. The second kappa shape index (κ2) is 19.7. The molecule has 2 heterocycles. The Kier molecular flexibility index (Phi) is 17.2. The van der Waals surface area contributed by atoms with E-state index < -0.39 is 0 Å². The summed E-state index contributed by atoms with van der Waals surface area (Å²) in [5, 5.41) is 2.49. The van der Waals surface area contributed by atoms with Gasteiger partial charge in [-0.25, -0.2) is 0 Å². The van der Waals surface area contributed by atoms with Crippen LogP contribution in [0.25, 0.3) is 11.1 Å². The van der Waals surface area contributed by atoms with E-state index in [1.165, 1.54) is 23.3 Å². The lowest BCUT2D eigenvalue weighted by atomic mass is 10.1. The number of rotatable bonds is 5. The summed E-state index contributed by atoms with van der Waals surface area (Å²) in [6.07, 6.45) is 7.15. The number of halogens is 8. The second-order valence-electron chi connectivity index (χ2n) is 6.99. The zero-order chi connectivity index (χ0) is 29.3. The van der Waals surface area contributed by atoms with Crippen LogP contribution in [0, 0.1) is 19.7 Å². The van der Waals surface area contributed by atoms with Crippen LogP contribution in [0.5, 0.6) is 11.5 Å². The first-order chi connectivity index (χ1) is 19.3. The van der Waals surface area contributed by atoms with E-state index in [-0.39, 0.29) is 13.2 Å². The maximum absolute atomic E-state index is 5.86. The van der Waals surface area contributed by atoms with Gasteiger partial charge in [-0.15, -0.1) is 0 Å². The summed E-state index contributed by atoms with van der Waals surface area (Å²) >= 11 is 38.7.